The predicted molar refractivity (Wildman–Crippen MR) is 68.1 cm³/mol. The summed E-state index contributed by atoms with van der Waals surface area (Å²) in [6.45, 7) is 0. The average Bonchev–Trinajstić information content (AvgIpc) is 3.19. The Hall–Kier alpha value is -0.0800. The highest BCUT2D eigenvalue weighted by Gasteiger charge is 2.56. The molecule has 2 nitrogen and oxygen atoms in total. The van der Waals surface area contributed by atoms with Gasteiger partial charge in [0.05, 0.1) is 12.2 Å². The molecule has 98 valence electrons. The molecule has 2 heteroatoms. The predicted octanol–water partition coefficient (Wildman–Crippen LogP) is 3.83. The molecule has 0 N–H and O–H groups in total. The molecule has 4 atom stereocenters. The van der Waals surface area contributed by atoms with E-state index >= 15 is 0 Å². The molecule has 0 aromatic carbocycles. The van der Waals surface area contributed by atoms with Crippen LogP contribution in [0.2, 0.25) is 0 Å². The minimum atomic E-state index is 0.477. The first kappa shape index (κ1) is 12.0. The van der Waals surface area contributed by atoms with E-state index in [0.717, 1.165) is 0 Å². The Morgan fingerprint density at radius 2 is 0.824 bits per heavy atom. The van der Waals surface area contributed by atoms with Gasteiger partial charge in [-0.2, -0.15) is 0 Å². The Kier molecular flexibility index (Phi) is 4.02. The van der Waals surface area contributed by atoms with Gasteiger partial charge in [0.15, 0.2) is 0 Å². The van der Waals surface area contributed by atoms with Gasteiger partial charge < -0.3 is 9.47 Å². The first-order chi connectivity index (χ1) is 8.45. The highest BCUT2D eigenvalue weighted by Crippen LogP contribution is 2.42. The van der Waals surface area contributed by atoms with Gasteiger partial charge in [-0.25, -0.2) is 0 Å². The topological polar surface area (TPSA) is 25.1 Å². The van der Waals surface area contributed by atoms with Gasteiger partial charge in [0.1, 0.15) is 12.2 Å². The third kappa shape index (κ3) is 3.45. The molecule has 0 aromatic rings. The minimum Gasteiger partial charge on any atom is -0.367 e. The van der Waals surface area contributed by atoms with E-state index in [1.807, 2.05) is 0 Å². The molecule has 17 heavy (non-hydrogen) atoms. The third-order valence-corrected chi connectivity index (χ3v) is 4.54. The van der Waals surface area contributed by atoms with Crippen LogP contribution in [-0.2, 0) is 9.47 Å². The third-order valence-electron chi connectivity index (χ3n) is 4.54. The normalized spacial score (nSPS) is 43.8. The fourth-order valence-corrected chi connectivity index (χ4v) is 3.28. The molecule has 3 fully saturated rings. The van der Waals surface area contributed by atoms with E-state index in [4.69, 9.17) is 9.47 Å². The molecule has 1 aliphatic carbocycles. The van der Waals surface area contributed by atoms with Crippen molar-refractivity contribution in [2.75, 3.05) is 0 Å². The number of ether oxygens (including phenoxy) is 2. The second kappa shape index (κ2) is 5.71. The van der Waals surface area contributed by atoms with E-state index < -0.39 is 0 Å². The van der Waals surface area contributed by atoms with Crippen molar-refractivity contribution in [1.82, 2.24) is 0 Å². The van der Waals surface area contributed by atoms with Crippen molar-refractivity contribution in [3.8, 4) is 0 Å². The Balaban J connectivity index is 1.41. The number of hydrogen-bond acceptors (Lipinski definition) is 2. The first-order valence-corrected chi connectivity index (χ1v) is 7.76. The summed E-state index contributed by atoms with van der Waals surface area (Å²) in [6.07, 6.45) is 17.3. The summed E-state index contributed by atoms with van der Waals surface area (Å²) in [5.74, 6) is 0. The van der Waals surface area contributed by atoms with Crippen LogP contribution in [0.25, 0.3) is 0 Å². The van der Waals surface area contributed by atoms with Gasteiger partial charge in [0.2, 0.25) is 0 Å². The molecule has 1 saturated carbocycles. The lowest BCUT2D eigenvalue weighted by Crippen LogP contribution is -2.05. The lowest BCUT2D eigenvalue weighted by Gasteiger charge is -2.01. The lowest BCUT2D eigenvalue weighted by atomic mass is 10.1. The van der Waals surface area contributed by atoms with Crippen LogP contribution >= 0.6 is 0 Å². The van der Waals surface area contributed by atoms with Gasteiger partial charge in [0.25, 0.3) is 0 Å². The lowest BCUT2D eigenvalue weighted by molar-refractivity contribution is 0.303. The van der Waals surface area contributed by atoms with Crippen LogP contribution in [0.3, 0.4) is 0 Å². The van der Waals surface area contributed by atoms with Crippen LogP contribution in [0.4, 0.5) is 0 Å². The van der Waals surface area contributed by atoms with Gasteiger partial charge in [-0.15, -0.1) is 0 Å². The Morgan fingerprint density at radius 3 is 1.24 bits per heavy atom. The first-order valence-electron chi connectivity index (χ1n) is 7.76. The Morgan fingerprint density at radius 1 is 0.471 bits per heavy atom. The van der Waals surface area contributed by atoms with Crippen molar-refractivity contribution in [3.63, 3.8) is 0 Å². The molecular formula is C15H26O2. The minimum absolute atomic E-state index is 0.477. The average molecular weight is 238 g/mol. The Bertz CT molecular complexity index is 217. The van der Waals surface area contributed by atoms with Crippen molar-refractivity contribution in [1.29, 1.82) is 0 Å². The van der Waals surface area contributed by atoms with E-state index in [2.05, 4.69) is 0 Å². The quantitative estimate of drug-likeness (QED) is 0.599. The van der Waals surface area contributed by atoms with Gasteiger partial charge in [-0.05, 0) is 12.8 Å². The molecule has 0 radical (unpaired) electrons. The zero-order chi connectivity index (χ0) is 11.5. The van der Waals surface area contributed by atoms with Gasteiger partial charge in [-0.3, -0.25) is 0 Å². The van der Waals surface area contributed by atoms with Crippen LogP contribution in [0, 0.1) is 0 Å². The fourth-order valence-electron chi connectivity index (χ4n) is 3.28. The van der Waals surface area contributed by atoms with E-state index in [1.54, 1.807) is 0 Å². The van der Waals surface area contributed by atoms with Crippen LogP contribution in [0.1, 0.15) is 70.6 Å². The molecule has 0 bridgehead atoms. The summed E-state index contributed by atoms with van der Waals surface area (Å²) in [4.78, 5) is 0. The summed E-state index contributed by atoms with van der Waals surface area (Å²) >= 11 is 0. The smallest absolute Gasteiger partial charge is 0.113 e. The Labute approximate surface area is 105 Å². The second-order valence-electron chi connectivity index (χ2n) is 6.04. The summed E-state index contributed by atoms with van der Waals surface area (Å²) in [5, 5.41) is 0. The molecule has 2 aliphatic heterocycles. The molecule has 3 rings (SSSR count). The van der Waals surface area contributed by atoms with E-state index in [0.29, 0.717) is 24.4 Å². The summed E-state index contributed by atoms with van der Waals surface area (Å²) in [7, 11) is 0. The van der Waals surface area contributed by atoms with Crippen molar-refractivity contribution < 1.29 is 9.47 Å². The van der Waals surface area contributed by atoms with Gasteiger partial charge in [-0.1, -0.05) is 57.8 Å². The number of fused-ring (bicyclic) bond motifs is 3. The summed E-state index contributed by atoms with van der Waals surface area (Å²) < 4.78 is 11.5. The van der Waals surface area contributed by atoms with E-state index in [-0.39, 0.29) is 0 Å². The maximum absolute atomic E-state index is 5.75. The largest absolute Gasteiger partial charge is 0.367 e. The molecule has 0 amide bonds. The van der Waals surface area contributed by atoms with Crippen molar-refractivity contribution in [3.05, 3.63) is 0 Å². The molecule has 4 unspecified atom stereocenters. The molecule has 2 heterocycles. The zero-order valence-electron chi connectivity index (χ0n) is 10.9. The van der Waals surface area contributed by atoms with Crippen LogP contribution in [0.15, 0.2) is 0 Å². The number of rotatable bonds is 0. The standard InChI is InChI=1S/C15H26O2/c1-2-4-6-8-10-12-14(16-12)15-13(17-15)11-9-7-5-3-1/h12-15H,1-11H2. The van der Waals surface area contributed by atoms with Crippen molar-refractivity contribution in [2.45, 2.75) is 95.0 Å². The molecule has 0 aromatic heterocycles. The maximum Gasteiger partial charge on any atom is 0.113 e. The number of hydrogen-bond donors (Lipinski definition) is 0. The molecule has 0 spiro atoms. The van der Waals surface area contributed by atoms with Crippen molar-refractivity contribution >= 4 is 0 Å². The SMILES string of the molecule is C1CCCCCC2OC2C2OC2CCCCC1. The summed E-state index contributed by atoms with van der Waals surface area (Å²) in [5.41, 5.74) is 0. The maximum atomic E-state index is 5.75. The van der Waals surface area contributed by atoms with Gasteiger partial charge >= 0.3 is 0 Å². The molecular weight excluding hydrogens is 212 g/mol. The van der Waals surface area contributed by atoms with Gasteiger partial charge in [0, 0.05) is 0 Å². The van der Waals surface area contributed by atoms with Crippen LogP contribution < -0.4 is 0 Å². The highest BCUT2D eigenvalue weighted by atomic mass is 16.7. The highest BCUT2D eigenvalue weighted by molar-refractivity contribution is 5.02. The molecule has 3 aliphatic rings. The number of epoxide rings is 2. The fraction of sp³-hybridized carbons (Fsp3) is 1.00. The molecule has 2 saturated heterocycles. The van der Waals surface area contributed by atoms with Crippen LogP contribution in [-0.4, -0.2) is 24.4 Å². The zero-order valence-corrected chi connectivity index (χ0v) is 10.9. The van der Waals surface area contributed by atoms with Crippen molar-refractivity contribution in [2.24, 2.45) is 0 Å². The summed E-state index contributed by atoms with van der Waals surface area (Å²) in [6, 6.07) is 0. The monoisotopic (exact) mass is 238 g/mol. The van der Waals surface area contributed by atoms with Crippen LogP contribution in [0.5, 0.6) is 0 Å². The van der Waals surface area contributed by atoms with E-state index in [1.165, 1.54) is 70.6 Å². The van der Waals surface area contributed by atoms with E-state index in [9.17, 15) is 0 Å². The second-order valence-corrected chi connectivity index (χ2v) is 6.04.